The van der Waals surface area contributed by atoms with Gasteiger partial charge in [-0.15, -0.1) is 0 Å². The molecule has 3 nitrogen and oxygen atoms in total. The number of amides is 1. The molecule has 1 unspecified atom stereocenters. The van der Waals surface area contributed by atoms with Gasteiger partial charge in [0.15, 0.2) is 0 Å². The molecule has 0 aliphatic rings. The van der Waals surface area contributed by atoms with E-state index in [1.807, 2.05) is 51.1 Å². The quantitative estimate of drug-likeness (QED) is 0.885. The molecule has 0 spiro atoms. The molecule has 19 heavy (non-hydrogen) atoms. The molecule has 1 aromatic carbocycles. The highest BCUT2D eigenvalue weighted by atomic mass is 79.9. The van der Waals surface area contributed by atoms with Crippen LogP contribution >= 0.6 is 15.9 Å². The highest BCUT2D eigenvalue weighted by Gasteiger charge is 2.16. The molecule has 1 amide bonds. The largest absolute Gasteiger partial charge is 0.362 e. The fraction of sp³-hybridized carbons (Fsp3) is 0.267. The molecule has 2 aromatic rings. The molecule has 0 aliphatic heterocycles. The van der Waals surface area contributed by atoms with Crippen molar-refractivity contribution in [1.29, 1.82) is 0 Å². The van der Waals surface area contributed by atoms with Gasteiger partial charge in [0.2, 0.25) is 0 Å². The molecule has 0 saturated heterocycles. The van der Waals surface area contributed by atoms with Crippen LogP contribution < -0.4 is 5.32 Å². The summed E-state index contributed by atoms with van der Waals surface area (Å²) in [6.07, 6.45) is 0. The first-order chi connectivity index (χ1) is 8.99. The Hall–Kier alpha value is -1.55. The number of benzene rings is 1. The van der Waals surface area contributed by atoms with E-state index in [2.05, 4.69) is 26.2 Å². The second-order valence-corrected chi connectivity index (χ2v) is 5.56. The molecule has 0 aliphatic carbocycles. The Morgan fingerprint density at radius 3 is 2.58 bits per heavy atom. The van der Waals surface area contributed by atoms with Crippen molar-refractivity contribution in [2.24, 2.45) is 0 Å². The highest BCUT2D eigenvalue weighted by Crippen LogP contribution is 2.23. The lowest BCUT2D eigenvalue weighted by Crippen LogP contribution is -2.27. The molecule has 1 atom stereocenters. The summed E-state index contributed by atoms with van der Waals surface area (Å²) in [4.78, 5) is 15.4. The average Bonchev–Trinajstić information content (AvgIpc) is 2.69. The Kier molecular flexibility index (Phi) is 4.10. The number of halogens is 1. The van der Waals surface area contributed by atoms with E-state index in [0.29, 0.717) is 5.56 Å². The van der Waals surface area contributed by atoms with Gasteiger partial charge in [0, 0.05) is 15.9 Å². The van der Waals surface area contributed by atoms with E-state index in [1.165, 1.54) is 0 Å². The number of hydrogen-bond acceptors (Lipinski definition) is 1. The van der Waals surface area contributed by atoms with Crippen LogP contribution in [0, 0.1) is 13.8 Å². The van der Waals surface area contributed by atoms with Crippen molar-refractivity contribution in [3.8, 4) is 0 Å². The lowest BCUT2D eigenvalue weighted by molar-refractivity contribution is 0.0939. The van der Waals surface area contributed by atoms with Gasteiger partial charge < -0.3 is 10.3 Å². The molecule has 2 N–H and O–H groups in total. The number of aromatic nitrogens is 1. The normalized spacial score (nSPS) is 12.2. The summed E-state index contributed by atoms with van der Waals surface area (Å²) >= 11 is 3.50. The Morgan fingerprint density at radius 2 is 2.00 bits per heavy atom. The molecular weight excluding hydrogens is 304 g/mol. The van der Waals surface area contributed by atoms with Crippen molar-refractivity contribution in [3.63, 3.8) is 0 Å². The van der Waals surface area contributed by atoms with Gasteiger partial charge in [-0.3, -0.25) is 4.79 Å². The van der Waals surface area contributed by atoms with E-state index in [1.54, 1.807) is 0 Å². The Labute approximate surface area is 121 Å². The van der Waals surface area contributed by atoms with Crippen LogP contribution in [-0.2, 0) is 0 Å². The van der Waals surface area contributed by atoms with Gasteiger partial charge in [0.25, 0.3) is 5.91 Å². The zero-order valence-corrected chi connectivity index (χ0v) is 12.8. The summed E-state index contributed by atoms with van der Waals surface area (Å²) in [6, 6.07) is 9.74. The number of rotatable bonds is 3. The SMILES string of the molecule is Cc1cc(C(=O)NC(C)c2ccccc2Br)c(C)[nH]1. The number of nitrogens with one attached hydrogen (secondary N) is 2. The van der Waals surface area contributed by atoms with Crippen LogP contribution in [0.5, 0.6) is 0 Å². The molecule has 0 saturated carbocycles. The smallest absolute Gasteiger partial charge is 0.253 e. The van der Waals surface area contributed by atoms with Gasteiger partial charge in [-0.1, -0.05) is 34.1 Å². The third kappa shape index (κ3) is 3.07. The molecule has 2 rings (SSSR count). The van der Waals surface area contributed by atoms with Gasteiger partial charge in [-0.25, -0.2) is 0 Å². The first-order valence-corrected chi connectivity index (χ1v) is 7.00. The third-order valence-corrected chi connectivity index (χ3v) is 3.84. The second-order valence-electron chi connectivity index (χ2n) is 4.71. The Bertz CT molecular complexity index is 604. The van der Waals surface area contributed by atoms with Crippen molar-refractivity contribution in [2.45, 2.75) is 26.8 Å². The minimum atomic E-state index is -0.0508. The Morgan fingerprint density at radius 1 is 1.32 bits per heavy atom. The summed E-state index contributed by atoms with van der Waals surface area (Å²) in [5.41, 5.74) is 3.67. The van der Waals surface area contributed by atoms with E-state index in [-0.39, 0.29) is 11.9 Å². The summed E-state index contributed by atoms with van der Waals surface area (Å²) in [7, 11) is 0. The lowest BCUT2D eigenvalue weighted by atomic mass is 10.1. The number of H-pyrrole nitrogens is 1. The van der Waals surface area contributed by atoms with Crippen LogP contribution in [0.4, 0.5) is 0 Å². The van der Waals surface area contributed by atoms with Crippen molar-refractivity contribution < 1.29 is 4.79 Å². The number of aromatic amines is 1. The van der Waals surface area contributed by atoms with Gasteiger partial charge in [-0.2, -0.15) is 0 Å². The molecule has 1 heterocycles. The van der Waals surface area contributed by atoms with Gasteiger partial charge in [-0.05, 0) is 38.5 Å². The molecular formula is C15H17BrN2O. The Balaban J connectivity index is 2.15. The summed E-state index contributed by atoms with van der Waals surface area (Å²) in [6.45, 7) is 5.83. The highest BCUT2D eigenvalue weighted by molar-refractivity contribution is 9.10. The zero-order chi connectivity index (χ0) is 14.0. The summed E-state index contributed by atoms with van der Waals surface area (Å²) in [5, 5.41) is 3.02. The predicted molar refractivity (Wildman–Crippen MR) is 80.3 cm³/mol. The molecule has 100 valence electrons. The van der Waals surface area contributed by atoms with Crippen molar-refractivity contribution in [1.82, 2.24) is 10.3 Å². The fourth-order valence-corrected chi connectivity index (χ4v) is 2.77. The maximum absolute atomic E-state index is 12.2. The topological polar surface area (TPSA) is 44.9 Å². The molecule has 0 radical (unpaired) electrons. The van der Waals surface area contributed by atoms with Crippen molar-refractivity contribution in [2.75, 3.05) is 0 Å². The molecule has 4 heteroatoms. The minimum Gasteiger partial charge on any atom is -0.362 e. The maximum atomic E-state index is 12.2. The van der Waals surface area contributed by atoms with E-state index in [0.717, 1.165) is 21.4 Å². The first-order valence-electron chi connectivity index (χ1n) is 6.20. The standard InChI is InChI=1S/C15H17BrN2O/c1-9-8-13(11(3)17-9)15(19)18-10(2)12-6-4-5-7-14(12)16/h4-8,10,17H,1-3H3,(H,18,19). The number of hydrogen-bond donors (Lipinski definition) is 2. The van der Waals surface area contributed by atoms with E-state index >= 15 is 0 Å². The molecule has 0 fully saturated rings. The monoisotopic (exact) mass is 320 g/mol. The third-order valence-electron chi connectivity index (χ3n) is 3.11. The van der Waals surface area contributed by atoms with Gasteiger partial charge >= 0.3 is 0 Å². The van der Waals surface area contributed by atoms with Crippen molar-refractivity contribution in [3.05, 3.63) is 57.3 Å². The van der Waals surface area contributed by atoms with Crippen LogP contribution in [0.1, 0.15) is 40.3 Å². The minimum absolute atomic E-state index is 0.0438. The lowest BCUT2D eigenvalue weighted by Gasteiger charge is -2.15. The maximum Gasteiger partial charge on any atom is 0.253 e. The summed E-state index contributed by atoms with van der Waals surface area (Å²) < 4.78 is 1.00. The van der Waals surface area contributed by atoms with Gasteiger partial charge in [0.1, 0.15) is 0 Å². The van der Waals surface area contributed by atoms with Crippen LogP contribution in [0.3, 0.4) is 0 Å². The predicted octanol–water partition coefficient (Wildman–Crippen LogP) is 3.89. The van der Waals surface area contributed by atoms with E-state index < -0.39 is 0 Å². The zero-order valence-electron chi connectivity index (χ0n) is 11.3. The van der Waals surface area contributed by atoms with E-state index in [4.69, 9.17) is 0 Å². The molecule has 1 aromatic heterocycles. The molecule has 0 bridgehead atoms. The van der Waals surface area contributed by atoms with Crippen molar-refractivity contribution >= 4 is 21.8 Å². The number of carbonyl (C=O) groups excluding carboxylic acids is 1. The second kappa shape index (κ2) is 5.61. The fourth-order valence-electron chi connectivity index (χ4n) is 2.14. The van der Waals surface area contributed by atoms with Gasteiger partial charge in [0.05, 0.1) is 11.6 Å². The number of aryl methyl sites for hydroxylation is 2. The van der Waals surface area contributed by atoms with Crippen LogP contribution in [-0.4, -0.2) is 10.9 Å². The van der Waals surface area contributed by atoms with Crippen LogP contribution in [0.15, 0.2) is 34.8 Å². The van der Waals surface area contributed by atoms with E-state index in [9.17, 15) is 4.79 Å². The summed E-state index contributed by atoms with van der Waals surface area (Å²) in [5.74, 6) is -0.0508. The van der Waals surface area contributed by atoms with Crippen LogP contribution in [0.2, 0.25) is 0 Å². The first kappa shape index (κ1) is 13.9. The van der Waals surface area contributed by atoms with Crippen LogP contribution in [0.25, 0.3) is 0 Å². The number of carbonyl (C=O) groups is 1. The average molecular weight is 321 g/mol.